The number of hydrogen-bond donors (Lipinski definition) is 0. The molecular formula is C23H27F3O3. The fourth-order valence-corrected chi connectivity index (χ4v) is 3.61. The van der Waals surface area contributed by atoms with E-state index in [-0.39, 0.29) is 29.1 Å². The zero-order chi connectivity index (χ0) is 20.8. The van der Waals surface area contributed by atoms with E-state index in [1.807, 2.05) is 0 Å². The van der Waals surface area contributed by atoms with Gasteiger partial charge in [-0.25, -0.2) is 8.78 Å². The summed E-state index contributed by atoms with van der Waals surface area (Å²) < 4.78 is 59.3. The highest BCUT2D eigenvalue weighted by molar-refractivity contribution is 5.66. The number of benzene rings is 2. The Bertz CT molecular complexity index is 817. The zero-order valence-corrected chi connectivity index (χ0v) is 16.8. The van der Waals surface area contributed by atoms with Crippen LogP contribution in [0.3, 0.4) is 0 Å². The van der Waals surface area contributed by atoms with E-state index in [2.05, 4.69) is 6.92 Å². The lowest BCUT2D eigenvalue weighted by molar-refractivity contribution is -0.167. The molecule has 3 rings (SSSR count). The lowest BCUT2D eigenvalue weighted by Gasteiger charge is -2.29. The Labute approximate surface area is 169 Å². The Morgan fingerprint density at radius 2 is 1.86 bits per heavy atom. The Hall–Kier alpha value is -2.05. The molecule has 158 valence electrons. The second kappa shape index (κ2) is 10.1. The summed E-state index contributed by atoms with van der Waals surface area (Å²) in [5.74, 6) is -2.86. The van der Waals surface area contributed by atoms with E-state index in [4.69, 9.17) is 14.2 Å². The highest BCUT2D eigenvalue weighted by atomic mass is 19.2. The van der Waals surface area contributed by atoms with Gasteiger partial charge in [0.05, 0.1) is 13.7 Å². The molecule has 2 aromatic carbocycles. The predicted octanol–water partition coefficient (Wildman–Crippen LogP) is 6.21. The maximum atomic E-state index is 14.8. The average Bonchev–Trinajstić information content (AvgIpc) is 2.74. The molecule has 0 aliphatic carbocycles. The van der Waals surface area contributed by atoms with E-state index in [1.165, 1.54) is 25.3 Å². The Morgan fingerprint density at radius 3 is 2.52 bits per heavy atom. The molecule has 1 aliphatic rings. The number of rotatable bonds is 8. The lowest BCUT2D eigenvalue weighted by atomic mass is 9.91. The normalized spacial score (nSPS) is 19.3. The average molecular weight is 408 g/mol. The van der Waals surface area contributed by atoms with Gasteiger partial charge in [-0.1, -0.05) is 31.9 Å². The number of unbranched alkanes of at least 4 members (excludes halogenated alkanes) is 2. The van der Waals surface area contributed by atoms with Gasteiger partial charge in [0, 0.05) is 18.1 Å². The third-order valence-electron chi connectivity index (χ3n) is 5.30. The molecule has 1 fully saturated rings. The molecule has 3 nitrogen and oxygen atoms in total. The molecule has 2 unspecified atom stereocenters. The van der Waals surface area contributed by atoms with Gasteiger partial charge in [-0.2, -0.15) is 4.39 Å². The molecule has 0 radical (unpaired) electrons. The third kappa shape index (κ3) is 5.11. The molecule has 1 heterocycles. The van der Waals surface area contributed by atoms with Crippen LogP contribution in [0, 0.1) is 17.5 Å². The topological polar surface area (TPSA) is 27.7 Å². The van der Waals surface area contributed by atoms with Gasteiger partial charge in [0.2, 0.25) is 5.82 Å². The molecule has 6 heteroatoms. The van der Waals surface area contributed by atoms with Gasteiger partial charge in [0.25, 0.3) is 0 Å². The van der Waals surface area contributed by atoms with Crippen LogP contribution in [0.5, 0.6) is 5.75 Å². The van der Waals surface area contributed by atoms with Crippen molar-refractivity contribution in [3.8, 4) is 16.9 Å². The fourth-order valence-electron chi connectivity index (χ4n) is 3.61. The van der Waals surface area contributed by atoms with Crippen molar-refractivity contribution in [1.29, 1.82) is 0 Å². The smallest absolute Gasteiger partial charge is 0.201 e. The first-order valence-corrected chi connectivity index (χ1v) is 10.1. The summed E-state index contributed by atoms with van der Waals surface area (Å²) in [5.41, 5.74) is 0.793. The molecule has 2 aromatic rings. The molecule has 0 aromatic heterocycles. The van der Waals surface area contributed by atoms with Crippen LogP contribution < -0.4 is 4.74 Å². The maximum absolute atomic E-state index is 14.8. The van der Waals surface area contributed by atoms with Crippen LogP contribution in [-0.2, 0) is 9.47 Å². The summed E-state index contributed by atoms with van der Waals surface area (Å²) >= 11 is 0. The van der Waals surface area contributed by atoms with Crippen LogP contribution in [0.25, 0.3) is 11.1 Å². The van der Waals surface area contributed by atoms with Gasteiger partial charge in [-0.05, 0) is 48.6 Å². The van der Waals surface area contributed by atoms with Crippen LogP contribution in [0.4, 0.5) is 13.2 Å². The number of ether oxygens (including phenoxy) is 3. The monoisotopic (exact) mass is 408 g/mol. The van der Waals surface area contributed by atoms with E-state index in [0.29, 0.717) is 25.2 Å². The first kappa shape index (κ1) is 21.7. The summed E-state index contributed by atoms with van der Waals surface area (Å²) in [6.07, 6.45) is 4.50. The molecule has 29 heavy (non-hydrogen) atoms. The standard InChI is InChI=1S/C23H27F3O3/c1-3-4-5-12-28-21-11-7-16(14-29-21)17-8-6-15(13-19(17)24)18-9-10-20(27-2)23(26)22(18)25/h6,8-10,13,16,21H,3-5,7,11-12,14H2,1-2H3. The molecule has 0 bridgehead atoms. The summed E-state index contributed by atoms with van der Waals surface area (Å²) in [5, 5.41) is 0. The van der Waals surface area contributed by atoms with Crippen LogP contribution >= 0.6 is 0 Å². The van der Waals surface area contributed by atoms with E-state index in [9.17, 15) is 13.2 Å². The van der Waals surface area contributed by atoms with Crippen molar-refractivity contribution in [2.75, 3.05) is 20.3 Å². The lowest BCUT2D eigenvalue weighted by Crippen LogP contribution is -2.27. The second-order valence-electron chi connectivity index (χ2n) is 7.29. The van der Waals surface area contributed by atoms with E-state index in [0.717, 1.165) is 25.7 Å². The highest BCUT2D eigenvalue weighted by Gasteiger charge is 2.26. The van der Waals surface area contributed by atoms with Crippen LogP contribution in [0.2, 0.25) is 0 Å². The highest BCUT2D eigenvalue weighted by Crippen LogP contribution is 2.34. The Kier molecular flexibility index (Phi) is 7.56. The van der Waals surface area contributed by atoms with Crippen molar-refractivity contribution in [1.82, 2.24) is 0 Å². The van der Waals surface area contributed by atoms with Gasteiger partial charge >= 0.3 is 0 Å². The minimum atomic E-state index is -1.08. The predicted molar refractivity (Wildman–Crippen MR) is 105 cm³/mol. The Morgan fingerprint density at radius 1 is 1.03 bits per heavy atom. The summed E-state index contributed by atoms with van der Waals surface area (Å²) in [6, 6.07) is 7.19. The SMILES string of the molecule is CCCCCOC1CCC(c2ccc(-c3ccc(OC)c(F)c3F)cc2F)CO1. The van der Waals surface area contributed by atoms with E-state index >= 15 is 0 Å². The van der Waals surface area contributed by atoms with E-state index < -0.39 is 17.5 Å². The number of methoxy groups -OCH3 is 1. The third-order valence-corrected chi connectivity index (χ3v) is 5.30. The van der Waals surface area contributed by atoms with Crippen LogP contribution in [0.1, 0.15) is 50.5 Å². The zero-order valence-electron chi connectivity index (χ0n) is 16.8. The molecule has 2 atom stereocenters. The van der Waals surface area contributed by atoms with Crippen molar-refractivity contribution in [2.24, 2.45) is 0 Å². The summed E-state index contributed by atoms with van der Waals surface area (Å²) in [6.45, 7) is 3.19. The Balaban J connectivity index is 1.66. The molecular weight excluding hydrogens is 381 g/mol. The van der Waals surface area contributed by atoms with Gasteiger partial charge in [0.1, 0.15) is 5.82 Å². The molecule has 0 spiro atoms. The molecule has 0 saturated carbocycles. The van der Waals surface area contributed by atoms with Crippen molar-refractivity contribution in [3.05, 3.63) is 53.3 Å². The van der Waals surface area contributed by atoms with Crippen LogP contribution in [-0.4, -0.2) is 26.6 Å². The molecule has 1 aliphatic heterocycles. The first-order chi connectivity index (χ1) is 14.0. The van der Waals surface area contributed by atoms with Crippen LogP contribution in [0.15, 0.2) is 30.3 Å². The maximum Gasteiger partial charge on any atom is 0.201 e. The van der Waals surface area contributed by atoms with Crippen molar-refractivity contribution in [2.45, 2.75) is 51.2 Å². The van der Waals surface area contributed by atoms with Crippen molar-refractivity contribution in [3.63, 3.8) is 0 Å². The second-order valence-corrected chi connectivity index (χ2v) is 7.29. The molecule has 1 saturated heterocycles. The van der Waals surface area contributed by atoms with Crippen molar-refractivity contribution >= 4 is 0 Å². The number of halogens is 3. The first-order valence-electron chi connectivity index (χ1n) is 10.1. The fraction of sp³-hybridized carbons (Fsp3) is 0.478. The van der Waals surface area contributed by atoms with Gasteiger partial charge < -0.3 is 14.2 Å². The van der Waals surface area contributed by atoms with Gasteiger partial charge in [-0.15, -0.1) is 0 Å². The van der Waals surface area contributed by atoms with Gasteiger partial charge in [0.15, 0.2) is 17.9 Å². The molecule has 0 amide bonds. The van der Waals surface area contributed by atoms with Gasteiger partial charge in [-0.3, -0.25) is 0 Å². The minimum absolute atomic E-state index is 0.00538. The molecule has 0 N–H and O–H groups in total. The van der Waals surface area contributed by atoms with Crippen molar-refractivity contribution < 1.29 is 27.4 Å². The largest absolute Gasteiger partial charge is 0.494 e. The minimum Gasteiger partial charge on any atom is -0.494 e. The van der Waals surface area contributed by atoms with E-state index in [1.54, 1.807) is 12.1 Å². The summed E-state index contributed by atoms with van der Waals surface area (Å²) in [7, 11) is 1.26. The number of hydrogen-bond acceptors (Lipinski definition) is 3. The summed E-state index contributed by atoms with van der Waals surface area (Å²) in [4.78, 5) is 0. The quantitative estimate of drug-likeness (QED) is 0.486.